The van der Waals surface area contributed by atoms with Gasteiger partial charge in [0.05, 0.1) is 5.52 Å². The number of hydrogen-bond donors (Lipinski definition) is 4. The van der Waals surface area contributed by atoms with Crippen molar-refractivity contribution in [3.05, 3.63) is 52.3 Å². The van der Waals surface area contributed by atoms with Crippen LogP contribution in [0.5, 0.6) is 0 Å². The monoisotopic (exact) mass is 409 g/mol. The van der Waals surface area contributed by atoms with E-state index in [0.717, 1.165) is 11.8 Å². The number of nitrogens with zero attached hydrogens (tertiary/aromatic N) is 1. The summed E-state index contributed by atoms with van der Waals surface area (Å²) in [5.74, 6) is 1.78. The fourth-order valence-electron chi connectivity index (χ4n) is 5.12. The lowest BCUT2D eigenvalue weighted by molar-refractivity contribution is 0.234. The summed E-state index contributed by atoms with van der Waals surface area (Å²) >= 11 is 0. The van der Waals surface area contributed by atoms with Crippen LogP contribution in [-0.4, -0.2) is 27.5 Å². The second kappa shape index (κ2) is 7.59. The maximum atomic E-state index is 14.7. The third kappa shape index (κ3) is 3.58. The van der Waals surface area contributed by atoms with E-state index in [2.05, 4.69) is 25.6 Å². The van der Waals surface area contributed by atoms with Gasteiger partial charge in [-0.3, -0.25) is 4.98 Å². The van der Waals surface area contributed by atoms with Gasteiger partial charge in [-0.2, -0.15) is 0 Å². The third-order valence-electron chi connectivity index (χ3n) is 6.63. The molecule has 3 aromatic rings. The second-order valence-electron chi connectivity index (χ2n) is 8.47. The first-order chi connectivity index (χ1) is 14.6. The Labute approximate surface area is 172 Å². The summed E-state index contributed by atoms with van der Waals surface area (Å²) in [4.78, 5) is 33.1. The van der Waals surface area contributed by atoms with Gasteiger partial charge >= 0.3 is 11.7 Å². The van der Waals surface area contributed by atoms with Crippen LogP contribution in [0.3, 0.4) is 0 Å². The van der Waals surface area contributed by atoms with E-state index >= 15 is 0 Å². The summed E-state index contributed by atoms with van der Waals surface area (Å²) in [5.41, 5.74) is 2.31. The molecule has 3 atom stereocenters. The van der Waals surface area contributed by atoms with Crippen molar-refractivity contribution in [1.29, 1.82) is 0 Å². The number of carbonyl (C=O) groups is 1. The van der Waals surface area contributed by atoms with Crippen LogP contribution in [0.2, 0.25) is 0 Å². The number of benzene rings is 1. The minimum atomic E-state index is -0.413. The van der Waals surface area contributed by atoms with E-state index in [0.29, 0.717) is 40.3 Å². The Bertz CT molecular complexity index is 1150. The smallest absolute Gasteiger partial charge is 0.325 e. The fraction of sp³-hybridized carbons (Fsp3) is 0.409. The average molecular weight is 409 g/mol. The van der Waals surface area contributed by atoms with Crippen LogP contribution >= 0.6 is 0 Å². The van der Waals surface area contributed by atoms with Crippen molar-refractivity contribution in [3.63, 3.8) is 0 Å². The Morgan fingerprint density at radius 1 is 1.17 bits per heavy atom. The van der Waals surface area contributed by atoms with Crippen LogP contribution in [0, 0.1) is 23.6 Å². The van der Waals surface area contributed by atoms with E-state index in [9.17, 15) is 14.0 Å². The number of imidazole rings is 1. The molecular weight excluding hydrogens is 385 g/mol. The number of hydrogen-bond acceptors (Lipinski definition) is 3. The van der Waals surface area contributed by atoms with Crippen LogP contribution in [-0.2, 0) is 6.54 Å². The van der Waals surface area contributed by atoms with E-state index in [1.54, 1.807) is 24.4 Å². The fourth-order valence-corrected chi connectivity index (χ4v) is 5.12. The van der Waals surface area contributed by atoms with E-state index in [-0.39, 0.29) is 18.3 Å². The van der Waals surface area contributed by atoms with Crippen LogP contribution in [0.15, 0.2) is 35.3 Å². The quantitative estimate of drug-likeness (QED) is 0.520. The van der Waals surface area contributed by atoms with Crippen molar-refractivity contribution in [3.8, 4) is 11.1 Å². The lowest BCUT2D eigenvalue weighted by Crippen LogP contribution is -2.39. The van der Waals surface area contributed by atoms with Gasteiger partial charge in [-0.15, -0.1) is 0 Å². The van der Waals surface area contributed by atoms with Crippen LogP contribution in [0.4, 0.5) is 9.18 Å². The predicted molar refractivity (Wildman–Crippen MR) is 111 cm³/mol. The van der Waals surface area contributed by atoms with Gasteiger partial charge in [0.15, 0.2) is 5.65 Å². The molecule has 1 aromatic carbocycles. The van der Waals surface area contributed by atoms with Gasteiger partial charge in [0.25, 0.3) is 0 Å². The molecule has 0 aliphatic heterocycles. The third-order valence-corrected chi connectivity index (χ3v) is 6.63. The molecule has 0 saturated heterocycles. The van der Waals surface area contributed by atoms with Crippen molar-refractivity contribution in [2.75, 3.05) is 6.54 Å². The Hall–Kier alpha value is -3.16. The zero-order chi connectivity index (χ0) is 20.7. The molecule has 2 heterocycles. The summed E-state index contributed by atoms with van der Waals surface area (Å²) in [7, 11) is 0. The number of fused-ring (bicyclic) bond motifs is 3. The summed E-state index contributed by atoms with van der Waals surface area (Å²) in [6, 6.07) is 6.29. The predicted octanol–water partition coefficient (Wildman–Crippen LogP) is 3.29. The van der Waals surface area contributed by atoms with E-state index in [1.807, 2.05) is 0 Å². The number of nitrogens with one attached hydrogen (secondary N) is 4. The molecule has 5 rings (SSSR count). The molecule has 2 bridgehead atoms. The van der Waals surface area contributed by atoms with Crippen molar-refractivity contribution in [1.82, 2.24) is 25.6 Å². The number of pyridine rings is 1. The zero-order valence-electron chi connectivity index (χ0n) is 16.5. The first kappa shape index (κ1) is 18.8. The van der Waals surface area contributed by atoms with Gasteiger partial charge in [0, 0.05) is 30.4 Å². The van der Waals surface area contributed by atoms with Crippen molar-refractivity contribution >= 4 is 17.2 Å². The number of halogens is 1. The zero-order valence-corrected chi connectivity index (χ0v) is 16.5. The maximum Gasteiger partial charge on any atom is 0.325 e. The van der Waals surface area contributed by atoms with Crippen molar-refractivity contribution < 1.29 is 9.18 Å². The highest BCUT2D eigenvalue weighted by Gasteiger charge is 2.39. The van der Waals surface area contributed by atoms with E-state index < -0.39 is 5.82 Å². The lowest BCUT2D eigenvalue weighted by Gasteiger charge is -2.21. The number of aromatic nitrogens is 3. The maximum absolute atomic E-state index is 14.7. The Morgan fingerprint density at radius 2 is 2.07 bits per heavy atom. The number of carbonyl (C=O) groups excluding carboxylic acids is 1. The first-order valence-electron chi connectivity index (χ1n) is 10.4. The highest BCUT2D eigenvalue weighted by Crippen LogP contribution is 2.47. The Balaban J connectivity index is 1.21. The topological polar surface area (TPSA) is 103 Å². The Morgan fingerprint density at radius 3 is 2.83 bits per heavy atom. The summed E-state index contributed by atoms with van der Waals surface area (Å²) in [6.45, 7) is 0.808. The van der Waals surface area contributed by atoms with Gasteiger partial charge in [0.2, 0.25) is 0 Å². The summed E-state index contributed by atoms with van der Waals surface area (Å²) in [6.07, 6.45) is 6.72. The van der Waals surface area contributed by atoms with E-state index in [1.165, 1.54) is 31.7 Å². The van der Waals surface area contributed by atoms with Gasteiger partial charge < -0.3 is 15.6 Å². The number of urea groups is 1. The van der Waals surface area contributed by atoms with Crippen LogP contribution in [0.1, 0.15) is 31.2 Å². The number of rotatable bonds is 5. The molecule has 2 aliphatic rings. The van der Waals surface area contributed by atoms with Gasteiger partial charge in [-0.05, 0) is 54.7 Å². The normalized spacial score (nSPS) is 22.5. The van der Waals surface area contributed by atoms with Gasteiger partial charge in [0.1, 0.15) is 5.82 Å². The molecule has 8 heteroatoms. The summed E-state index contributed by atoms with van der Waals surface area (Å²) in [5, 5.41) is 5.69. The molecule has 2 aliphatic carbocycles. The standard InChI is InChI=1S/C22H24FN5O2/c23-18-9-14(17-5-6-24-20-19(17)27-22(30)28-20)3-4-15(18)10-25-21(29)26-11-16-8-12-1-2-13(16)7-12/h3-6,9,12-13,16H,1-2,7-8,10-11H2,(H2,25,26,29)(H2,24,27,28,30). The summed E-state index contributed by atoms with van der Waals surface area (Å²) < 4.78 is 14.7. The second-order valence-corrected chi connectivity index (χ2v) is 8.47. The molecule has 2 saturated carbocycles. The van der Waals surface area contributed by atoms with Crippen molar-refractivity contribution in [2.45, 2.75) is 32.2 Å². The highest BCUT2D eigenvalue weighted by molar-refractivity contribution is 5.89. The van der Waals surface area contributed by atoms with E-state index in [4.69, 9.17) is 0 Å². The number of aromatic amines is 2. The van der Waals surface area contributed by atoms with Crippen molar-refractivity contribution in [2.24, 2.45) is 17.8 Å². The lowest BCUT2D eigenvalue weighted by atomic mass is 9.89. The Kier molecular flexibility index (Phi) is 4.77. The average Bonchev–Trinajstić information content (AvgIpc) is 3.45. The van der Waals surface area contributed by atoms with Gasteiger partial charge in [-0.25, -0.2) is 19.0 Å². The molecule has 2 fully saturated rings. The number of amides is 2. The molecule has 4 N–H and O–H groups in total. The molecule has 156 valence electrons. The molecule has 2 amide bonds. The van der Waals surface area contributed by atoms with Crippen LogP contribution < -0.4 is 16.3 Å². The molecule has 3 unspecified atom stereocenters. The SMILES string of the molecule is O=C(NCc1ccc(-c2ccnc3[nH]c(=O)[nH]c23)cc1F)NCC1CC2CCC1C2. The molecule has 0 spiro atoms. The largest absolute Gasteiger partial charge is 0.338 e. The first-order valence-corrected chi connectivity index (χ1v) is 10.4. The minimum Gasteiger partial charge on any atom is -0.338 e. The molecular formula is C22H24FN5O2. The molecule has 0 radical (unpaired) electrons. The molecule has 30 heavy (non-hydrogen) atoms. The number of H-pyrrole nitrogens is 2. The molecule has 7 nitrogen and oxygen atoms in total. The van der Waals surface area contributed by atoms with Gasteiger partial charge in [-0.1, -0.05) is 18.6 Å². The minimum absolute atomic E-state index is 0.113. The molecule has 2 aromatic heterocycles. The highest BCUT2D eigenvalue weighted by atomic mass is 19.1. The van der Waals surface area contributed by atoms with Crippen LogP contribution in [0.25, 0.3) is 22.3 Å².